The van der Waals surface area contributed by atoms with E-state index in [1.165, 1.54) is 4.90 Å². The van der Waals surface area contributed by atoms with E-state index in [1.54, 1.807) is 7.05 Å². The van der Waals surface area contributed by atoms with E-state index in [-0.39, 0.29) is 39.9 Å². The summed E-state index contributed by atoms with van der Waals surface area (Å²) < 4.78 is 0. The average molecular weight is 366 g/mol. The first kappa shape index (κ1) is 19.3. The number of fused-ring (bicyclic) bond motifs is 1. The van der Waals surface area contributed by atoms with Crippen molar-refractivity contribution in [2.45, 2.75) is 44.9 Å². The number of amides is 1. The highest BCUT2D eigenvalue weighted by Crippen LogP contribution is 2.37. The van der Waals surface area contributed by atoms with Gasteiger partial charge in [-0.15, -0.1) is 0 Å². The van der Waals surface area contributed by atoms with Crippen LogP contribution in [-0.4, -0.2) is 40.4 Å². The van der Waals surface area contributed by atoms with E-state index in [0.717, 1.165) is 31.7 Å². The molecule has 1 aliphatic heterocycles. The Labute approximate surface area is 152 Å². The van der Waals surface area contributed by atoms with E-state index in [4.69, 9.17) is 11.6 Å². The van der Waals surface area contributed by atoms with Crippen molar-refractivity contribution >= 4 is 23.3 Å². The largest absolute Gasteiger partial charge is 0.507 e. The molecule has 1 aliphatic rings. The zero-order valence-electron chi connectivity index (χ0n) is 14.4. The van der Waals surface area contributed by atoms with Crippen LogP contribution in [0, 0.1) is 0 Å². The molecule has 0 unspecified atom stereocenters. The zero-order valence-corrected chi connectivity index (χ0v) is 15.2. The first-order valence-corrected chi connectivity index (χ1v) is 8.95. The van der Waals surface area contributed by atoms with Gasteiger partial charge in [-0.3, -0.25) is 9.59 Å². The molecule has 5 nitrogen and oxygen atoms in total. The second kappa shape index (κ2) is 8.90. The molecule has 1 heterocycles. The number of hydrogen-bond donors (Lipinski definition) is 2. The Morgan fingerprint density at radius 1 is 1.04 bits per heavy atom. The van der Waals surface area contributed by atoms with E-state index in [2.05, 4.69) is 6.08 Å². The number of carbonyl (C=O) groups excluding carboxylic acids is 2. The van der Waals surface area contributed by atoms with E-state index in [0.29, 0.717) is 19.4 Å². The standard InChI is InChI=1S/C19H24ClNO4/c1-21-10-8-6-4-2-3-5-7-9-13(22)11-14-17(19(21)25)15(23)12-16(24)18(14)20/h4,6,12,23-24H,2-3,5,7-11H2,1H3/b6-4+. The number of hydrogen-bond acceptors (Lipinski definition) is 4. The minimum Gasteiger partial charge on any atom is -0.507 e. The van der Waals surface area contributed by atoms with E-state index < -0.39 is 5.91 Å². The number of carbonyl (C=O) groups is 2. The van der Waals surface area contributed by atoms with Crippen LogP contribution in [-0.2, 0) is 11.2 Å². The summed E-state index contributed by atoms with van der Waals surface area (Å²) >= 11 is 6.14. The van der Waals surface area contributed by atoms with Crippen molar-refractivity contribution in [1.29, 1.82) is 0 Å². The van der Waals surface area contributed by atoms with Crippen molar-refractivity contribution < 1.29 is 19.8 Å². The van der Waals surface area contributed by atoms with Crippen LogP contribution in [0.15, 0.2) is 18.2 Å². The predicted octanol–water partition coefficient (Wildman–Crippen LogP) is 3.85. The minimum absolute atomic E-state index is 0.00231. The molecule has 2 N–H and O–H groups in total. The third-order valence-electron chi connectivity index (χ3n) is 4.38. The summed E-state index contributed by atoms with van der Waals surface area (Å²) in [5.41, 5.74) is 0.198. The number of halogens is 1. The summed E-state index contributed by atoms with van der Waals surface area (Å²) in [4.78, 5) is 26.5. The van der Waals surface area contributed by atoms with Gasteiger partial charge in [-0.05, 0) is 31.2 Å². The number of aromatic hydroxyl groups is 2. The Bertz CT molecular complexity index is 684. The molecule has 136 valence electrons. The topological polar surface area (TPSA) is 77.8 Å². The van der Waals surface area contributed by atoms with Crippen LogP contribution >= 0.6 is 11.6 Å². The molecule has 0 bridgehead atoms. The molecule has 0 saturated carbocycles. The molecule has 1 aromatic carbocycles. The lowest BCUT2D eigenvalue weighted by Crippen LogP contribution is -2.29. The highest BCUT2D eigenvalue weighted by Gasteiger charge is 2.25. The second-order valence-corrected chi connectivity index (χ2v) is 6.76. The van der Waals surface area contributed by atoms with Gasteiger partial charge in [-0.2, -0.15) is 0 Å². The fraction of sp³-hybridized carbons (Fsp3) is 0.474. The van der Waals surface area contributed by atoms with Crippen LogP contribution in [0.5, 0.6) is 11.5 Å². The fourth-order valence-corrected chi connectivity index (χ4v) is 3.15. The molecular weight excluding hydrogens is 342 g/mol. The highest BCUT2D eigenvalue weighted by atomic mass is 35.5. The predicted molar refractivity (Wildman–Crippen MR) is 97.3 cm³/mol. The van der Waals surface area contributed by atoms with Crippen LogP contribution in [0.3, 0.4) is 0 Å². The van der Waals surface area contributed by atoms with Gasteiger partial charge in [0.2, 0.25) is 0 Å². The summed E-state index contributed by atoms with van der Waals surface area (Å²) in [7, 11) is 1.64. The fourth-order valence-electron chi connectivity index (χ4n) is 2.93. The maximum atomic E-state index is 12.8. The van der Waals surface area contributed by atoms with Gasteiger partial charge in [-0.25, -0.2) is 0 Å². The van der Waals surface area contributed by atoms with Crippen molar-refractivity contribution in [3.63, 3.8) is 0 Å². The Kier molecular flexibility index (Phi) is 6.88. The number of Topliss-reactive ketones (excluding diaryl/α,β-unsaturated/α-hetero) is 1. The smallest absolute Gasteiger partial charge is 0.257 e. The Balaban J connectivity index is 2.41. The summed E-state index contributed by atoms with van der Waals surface area (Å²) in [6, 6.07) is 1.05. The number of phenols is 2. The van der Waals surface area contributed by atoms with Crippen molar-refractivity contribution in [1.82, 2.24) is 4.90 Å². The third kappa shape index (κ3) is 4.98. The maximum Gasteiger partial charge on any atom is 0.257 e. The number of benzene rings is 1. The van der Waals surface area contributed by atoms with E-state index in [1.807, 2.05) is 6.08 Å². The first-order valence-electron chi connectivity index (χ1n) is 8.57. The van der Waals surface area contributed by atoms with Gasteiger partial charge in [0.15, 0.2) is 0 Å². The molecule has 1 amide bonds. The van der Waals surface area contributed by atoms with Gasteiger partial charge in [0, 0.05) is 32.5 Å². The lowest BCUT2D eigenvalue weighted by atomic mass is 9.97. The van der Waals surface area contributed by atoms with E-state index in [9.17, 15) is 19.8 Å². The molecule has 0 aromatic heterocycles. The van der Waals surface area contributed by atoms with Gasteiger partial charge in [0.1, 0.15) is 17.3 Å². The summed E-state index contributed by atoms with van der Waals surface area (Å²) in [5, 5.41) is 20.0. The van der Waals surface area contributed by atoms with Crippen molar-refractivity contribution in [3.05, 3.63) is 34.4 Å². The minimum atomic E-state index is -0.412. The average Bonchev–Trinajstić information content (AvgIpc) is 2.57. The van der Waals surface area contributed by atoms with Gasteiger partial charge in [0.05, 0.1) is 10.6 Å². The SMILES string of the molecule is CN1CC/C=C/CCCCCC(=O)Cc2c(Cl)c(O)cc(O)c2C1=O. The summed E-state index contributed by atoms with van der Waals surface area (Å²) in [6.45, 7) is 0.487. The van der Waals surface area contributed by atoms with Crippen molar-refractivity contribution in [2.24, 2.45) is 0 Å². The summed E-state index contributed by atoms with van der Waals surface area (Å²) in [6.07, 6.45) is 8.89. The number of allylic oxidation sites excluding steroid dienone is 1. The Hall–Kier alpha value is -2.01. The van der Waals surface area contributed by atoms with Crippen LogP contribution < -0.4 is 0 Å². The molecule has 0 radical (unpaired) electrons. The van der Waals surface area contributed by atoms with Crippen LogP contribution in [0.4, 0.5) is 0 Å². The molecule has 0 aliphatic carbocycles. The third-order valence-corrected chi connectivity index (χ3v) is 4.80. The van der Waals surface area contributed by atoms with Crippen LogP contribution in [0.1, 0.15) is 54.4 Å². The molecule has 25 heavy (non-hydrogen) atoms. The summed E-state index contributed by atoms with van der Waals surface area (Å²) in [5.74, 6) is -1.16. The maximum absolute atomic E-state index is 12.8. The quantitative estimate of drug-likeness (QED) is 0.684. The van der Waals surface area contributed by atoms with Crippen LogP contribution in [0.2, 0.25) is 5.02 Å². The number of nitrogens with zero attached hydrogens (tertiary/aromatic N) is 1. The molecule has 0 spiro atoms. The first-order chi connectivity index (χ1) is 11.9. The van der Waals surface area contributed by atoms with E-state index >= 15 is 0 Å². The Morgan fingerprint density at radius 3 is 2.52 bits per heavy atom. The van der Waals surface area contributed by atoms with Crippen molar-refractivity contribution in [3.8, 4) is 11.5 Å². The van der Waals surface area contributed by atoms with Gasteiger partial charge in [-0.1, -0.05) is 30.2 Å². The normalized spacial score (nSPS) is 19.0. The zero-order chi connectivity index (χ0) is 18.4. The Morgan fingerprint density at radius 2 is 1.76 bits per heavy atom. The van der Waals surface area contributed by atoms with Gasteiger partial charge in [0.25, 0.3) is 5.91 Å². The molecule has 0 saturated heterocycles. The molecule has 1 aromatic rings. The van der Waals surface area contributed by atoms with Gasteiger partial charge < -0.3 is 15.1 Å². The van der Waals surface area contributed by atoms with Gasteiger partial charge >= 0.3 is 0 Å². The number of ketones is 1. The second-order valence-electron chi connectivity index (χ2n) is 6.38. The lowest BCUT2D eigenvalue weighted by Gasteiger charge is -2.20. The highest BCUT2D eigenvalue weighted by molar-refractivity contribution is 6.33. The molecular formula is C19H24ClNO4. The van der Waals surface area contributed by atoms with Crippen molar-refractivity contribution in [2.75, 3.05) is 13.6 Å². The van der Waals surface area contributed by atoms with Crippen LogP contribution in [0.25, 0.3) is 0 Å². The monoisotopic (exact) mass is 365 g/mol. The lowest BCUT2D eigenvalue weighted by molar-refractivity contribution is -0.118. The molecule has 6 heteroatoms. The molecule has 0 fully saturated rings. The number of rotatable bonds is 0. The molecule has 0 atom stereocenters. The number of phenolic OH excluding ortho intramolecular Hbond substituents is 2. The molecule has 2 rings (SSSR count).